The molecule has 3 rings (SSSR count). The number of unbranched alkanes of at least 4 members (excludes halogenated alkanes) is 2. The Labute approximate surface area is 207 Å². The molecule has 0 aliphatic carbocycles. The van der Waals surface area contributed by atoms with Gasteiger partial charge in [0.2, 0.25) is 0 Å². The summed E-state index contributed by atoms with van der Waals surface area (Å²) in [7, 11) is 0. The SMILES string of the molecule is C=CC(=O)OC(C)(C)CC(C)(S)Oc1ccc2cc(-c3ccc(CCCCC)cc3)sc2c1. The molecule has 0 N–H and O–H groups in total. The van der Waals surface area contributed by atoms with Gasteiger partial charge < -0.3 is 9.47 Å². The van der Waals surface area contributed by atoms with Crippen LogP contribution in [0.2, 0.25) is 0 Å². The molecule has 3 nitrogen and oxygen atoms in total. The minimum absolute atomic E-state index is 0.418. The largest absolute Gasteiger partial charge is 0.477 e. The van der Waals surface area contributed by atoms with E-state index in [0.29, 0.717) is 6.42 Å². The lowest BCUT2D eigenvalue weighted by atomic mass is 10.0. The number of fused-ring (bicyclic) bond motifs is 1. The van der Waals surface area contributed by atoms with Crippen LogP contribution >= 0.6 is 24.0 Å². The molecule has 1 aromatic heterocycles. The van der Waals surface area contributed by atoms with Gasteiger partial charge in [0.25, 0.3) is 0 Å². The van der Waals surface area contributed by atoms with E-state index in [2.05, 4.69) is 56.0 Å². The number of hydrogen-bond donors (Lipinski definition) is 1. The number of thiophene rings is 1. The zero-order valence-electron chi connectivity index (χ0n) is 20.0. The van der Waals surface area contributed by atoms with Crippen molar-refractivity contribution in [3.8, 4) is 16.2 Å². The van der Waals surface area contributed by atoms with Crippen molar-refractivity contribution in [1.82, 2.24) is 0 Å². The first-order valence-electron chi connectivity index (χ1n) is 11.5. The Morgan fingerprint density at radius 2 is 1.82 bits per heavy atom. The van der Waals surface area contributed by atoms with Crippen LogP contribution in [0.15, 0.2) is 61.2 Å². The van der Waals surface area contributed by atoms with Gasteiger partial charge in [0.05, 0.1) is 0 Å². The fourth-order valence-electron chi connectivity index (χ4n) is 4.06. The summed E-state index contributed by atoms with van der Waals surface area (Å²) >= 11 is 6.46. The standard InChI is InChI=1S/C28H34O3S2/c1-6-8-9-10-20-11-13-21(14-12-20)24-17-22-15-16-23(18-25(22)33-24)30-28(5,32)19-27(3,4)31-26(29)7-2/h7,11-18,32H,2,6,8-10,19H2,1,3-5H3. The summed E-state index contributed by atoms with van der Waals surface area (Å²) in [4.78, 5) is 12.0. The number of aryl methyl sites for hydroxylation is 1. The predicted molar refractivity (Wildman–Crippen MR) is 143 cm³/mol. The molecule has 5 heteroatoms. The second kappa shape index (κ2) is 10.8. The van der Waals surface area contributed by atoms with Crippen LogP contribution in [0.1, 0.15) is 58.9 Å². The van der Waals surface area contributed by atoms with E-state index in [0.717, 1.165) is 16.9 Å². The number of benzene rings is 2. The molecule has 0 fully saturated rings. The number of esters is 1. The lowest BCUT2D eigenvalue weighted by Crippen LogP contribution is -2.38. The highest BCUT2D eigenvalue weighted by Gasteiger charge is 2.34. The molecule has 2 aromatic carbocycles. The average Bonchev–Trinajstić information content (AvgIpc) is 3.16. The molecule has 33 heavy (non-hydrogen) atoms. The molecule has 0 bridgehead atoms. The van der Waals surface area contributed by atoms with Crippen LogP contribution in [0, 0.1) is 0 Å². The molecule has 0 saturated heterocycles. The molecule has 1 unspecified atom stereocenters. The van der Waals surface area contributed by atoms with Gasteiger partial charge >= 0.3 is 5.97 Å². The van der Waals surface area contributed by atoms with Crippen molar-refractivity contribution in [1.29, 1.82) is 0 Å². The van der Waals surface area contributed by atoms with Crippen molar-refractivity contribution in [2.45, 2.75) is 70.3 Å². The van der Waals surface area contributed by atoms with Gasteiger partial charge in [-0.05, 0) is 74.4 Å². The van der Waals surface area contributed by atoms with Gasteiger partial charge in [0, 0.05) is 22.1 Å². The highest BCUT2D eigenvalue weighted by molar-refractivity contribution is 7.81. The van der Waals surface area contributed by atoms with Crippen LogP contribution in [-0.2, 0) is 16.0 Å². The molecular formula is C28H34O3S2. The van der Waals surface area contributed by atoms with E-state index in [1.165, 1.54) is 46.7 Å². The van der Waals surface area contributed by atoms with E-state index in [9.17, 15) is 4.79 Å². The first-order valence-corrected chi connectivity index (χ1v) is 12.8. The van der Waals surface area contributed by atoms with Gasteiger partial charge in [-0.1, -0.05) is 50.6 Å². The molecule has 0 spiro atoms. The van der Waals surface area contributed by atoms with Crippen molar-refractivity contribution in [3.63, 3.8) is 0 Å². The summed E-state index contributed by atoms with van der Waals surface area (Å²) in [6.07, 6.45) is 6.51. The minimum atomic E-state index is -0.813. The molecule has 0 saturated carbocycles. The fraction of sp³-hybridized carbons (Fsp3) is 0.393. The van der Waals surface area contributed by atoms with E-state index >= 15 is 0 Å². The summed E-state index contributed by atoms with van der Waals surface area (Å²) in [5.41, 5.74) is 1.91. The molecular weight excluding hydrogens is 448 g/mol. The van der Waals surface area contributed by atoms with Crippen LogP contribution in [0.5, 0.6) is 5.75 Å². The van der Waals surface area contributed by atoms with E-state index in [4.69, 9.17) is 22.1 Å². The van der Waals surface area contributed by atoms with E-state index in [1.807, 2.05) is 26.8 Å². The van der Waals surface area contributed by atoms with Gasteiger partial charge in [-0.3, -0.25) is 0 Å². The van der Waals surface area contributed by atoms with Gasteiger partial charge in [-0.15, -0.1) is 24.0 Å². The summed E-state index contributed by atoms with van der Waals surface area (Å²) in [6, 6.07) is 17.3. The topological polar surface area (TPSA) is 35.5 Å². The van der Waals surface area contributed by atoms with Crippen LogP contribution in [0.4, 0.5) is 0 Å². The van der Waals surface area contributed by atoms with E-state index in [-0.39, 0.29) is 0 Å². The quantitative estimate of drug-likeness (QED) is 0.0983. The van der Waals surface area contributed by atoms with E-state index < -0.39 is 16.5 Å². The maximum atomic E-state index is 11.6. The molecule has 0 amide bonds. The third-order valence-electron chi connectivity index (χ3n) is 5.43. The predicted octanol–water partition coefficient (Wildman–Crippen LogP) is 8.22. The van der Waals surface area contributed by atoms with Crippen LogP contribution in [0.25, 0.3) is 20.5 Å². The first kappa shape index (κ1) is 25.4. The monoisotopic (exact) mass is 482 g/mol. The number of thiol groups is 1. The Hall–Kier alpha value is -2.24. The Balaban J connectivity index is 1.71. The molecule has 3 aromatic rings. The van der Waals surface area contributed by atoms with Crippen molar-refractivity contribution in [3.05, 3.63) is 66.7 Å². The second-order valence-electron chi connectivity index (χ2n) is 9.30. The van der Waals surface area contributed by atoms with Gasteiger partial charge in [0.15, 0.2) is 4.93 Å². The summed E-state index contributed by atoms with van der Waals surface area (Å²) in [5, 5.41) is 1.19. The second-order valence-corrected chi connectivity index (χ2v) is 11.3. The molecule has 0 aliphatic heterocycles. The highest BCUT2D eigenvalue weighted by Crippen LogP contribution is 2.38. The van der Waals surface area contributed by atoms with Crippen molar-refractivity contribution >= 4 is 40.0 Å². The molecule has 0 radical (unpaired) electrons. The van der Waals surface area contributed by atoms with Crippen LogP contribution in [-0.4, -0.2) is 16.5 Å². The average molecular weight is 483 g/mol. The zero-order chi connectivity index (χ0) is 24.1. The zero-order valence-corrected chi connectivity index (χ0v) is 21.7. The Morgan fingerprint density at radius 3 is 2.48 bits per heavy atom. The van der Waals surface area contributed by atoms with Gasteiger partial charge in [-0.25, -0.2) is 4.79 Å². The summed E-state index contributed by atoms with van der Waals surface area (Å²) < 4.78 is 12.8. The highest BCUT2D eigenvalue weighted by atomic mass is 32.1. The third-order valence-corrected chi connectivity index (χ3v) is 6.83. The van der Waals surface area contributed by atoms with E-state index in [1.54, 1.807) is 11.3 Å². The van der Waals surface area contributed by atoms with Crippen molar-refractivity contribution < 1.29 is 14.3 Å². The number of rotatable bonds is 11. The Kier molecular flexibility index (Phi) is 8.30. The van der Waals surface area contributed by atoms with Crippen molar-refractivity contribution in [2.24, 2.45) is 0 Å². The molecule has 1 heterocycles. The van der Waals surface area contributed by atoms with Crippen LogP contribution < -0.4 is 4.74 Å². The third kappa shape index (κ3) is 7.38. The van der Waals surface area contributed by atoms with Crippen molar-refractivity contribution in [2.75, 3.05) is 0 Å². The summed E-state index contributed by atoms with van der Waals surface area (Å²) in [6.45, 7) is 11.3. The molecule has 0 aliphatic rings. The smallest absolute Gasteiger partial charge is 0.330 e. The van der Waals surface area contributed by atoms with Gasteiger partial charge in [-0.2, -0.15) is 0 Å². The molecule has 1 atom stereocenters. The lowest BCUT2D eigenvalue weighted by molar-refractivity contribution is -0.152. The molecule has 176 valence electrons. The van der Waals surface area contributed by atoms with Crippen LogP contribution in [0.3, 0.4) is 0 Å². The number of carbonyl (C=O) groups excluding carboxylic acids is 1. The minimum Gasteiger partial charge on any atom is -0.477 e. The maximum Gasteiger partial charge on any atom is 0.330 e. The number of carbonyl (C=O) groups is 1. The summed E-state index contributed by atoms with van der Waals surface area (Å²) in [5.74, 6) is 0.288. The normalized spacial score (nSPS) is 13.5. The number of hydrogen-bond acceptors (Lipinski definition) is 5. The van der Waals surface area contributed by atoms with Gasteiger partial charge in [0.1, 0.15) is 11.4 Å². The lowest BCUT2D eigenvalue weighted by Gasteiger charge is -2.34. The maximum absolute atomic E-state index is 11.6. The fourth-order valence-corrected chi connectivity index (χ4v) is 5.64. The Morgan fingerprint density at radius 1 is 1.09 bits per heavy atom. The number of ether oxygens (including phenoxy) is 2. The first-order chi connectivity index (χ1) is 15.6. The Bertz CT molecular complexity index is 1090.